The Morgan fingerprint density at radius 3 is 2.38 bits per heavy atom. The number of rotatable bonds is 5. The maximum absolute atomic E-state index is 4.37. The molecule has 3 aromatic rings. The highest BCUT2D eigenvalue weighted by atomic mass is 15.1. The van der Waals surface area contributed by atoms with Gasteiger partial charge in [0.15, 0.2) is 0 Å². The fourth-order valence-electron chi connectivity index (χ4n) is 4.11. The molecule has 0 aliphatic carbocycles. The van der Waals surface area contributed by atoms with Gasteiger partial charge in [0.1, 0.15) is 0 Å². The molecule has 0 amide bonds. The van der Waals surface area contributed by atoms with E-state index < -0.39 is 0 Å². The van der Waals surface area contributed by atoms with Crippen molar-refractivity contribution in [1.82, 2.24) is 20.9 Å². The number of pyridine rings is 1. The van der Waals surface area contributed by atoms with Crippen molar-refractivity contribution in [1.29, 1.82) is 0 Å². The summed E-state index contributed by atoms with van der Waals surface area (Å²) in [5.74, 6) is 0. The van der Waals surface area contributed by atoms with E-state index in [2.05, 4.69) is 80.4 Å². The minimum absolute atomic E-state index is 0.786. The molecule has 2 bridgehead atoms. The first kappa shape index (κ1) is 22.5. The van der Waals surface area contributed by atoms with Gasteiger partial charge in [0.2, 0.25) is 0 Å². The summed E-state index contributed by atoms with van der Waals surface area (Å²) >= 11 is 0. The highest BCUT2D eigenvalue weighted by molar-refractivity contribution is 5.48. The van der Waals surface area contributed by atoms with Gasteiger partial charge >= 0.3 is 0 Å². The van der Waals surface area contributed by atoms with Gasteiger partial charge in [-0.1, -0.05) is 42.5 Å². The predicted molar refractivity (Wildman–Crippen MR) is 133 cm³/mol. The molecule has 168 valence electrons. The van der Waals surface area contributed by atoms with Crippen LogP contribution in [-0.2, 0) is 25.9 Å². The summed E-state index contributed by atoms with van der Waals surface area (Å²) in [7, 11) is 0. The molecular weight excluding hydrogens is 394 g/mol. The van der Waals surface area contributed by atoms with Crippen molar-refractivity contribution in [3.63, 3.8) is 0 Å². The minimum Gasteiger partial charge on any atom is -0.370 e. The van der Waals surface area contributed by atoms with Gasteiger partial charge in [0, 0.05) is 57.7 Å². The highest BCUT2D eigenvalue weighted by Gasteiger charge is 2.08. The van der Waals surface area contributed by atoms with Crippen molar-refractivity contribution < 1.29 is 0 Å². The van der Waals surface area contributed by atoms with Crippen LogP contribution in [0.4, 0.5) is 5.69 Å². The van der Waals surface area contributed by atoms with E-state index in [1.54, 1.807) is 0 Å². The molecule has 0 atom stereocenters. The van der Waals surface area contributed by atoms with Gasteiger partial charge in [-0.3, -0.25) is 4.98 Å². The molecule has 5 nitrogen and oxygen atoms in total. The summed E-state index contributed by atoms with van der Waals surface area (Å²) in [5, 5.41) is 10.6. The average molecular weight is 430 g/mol. The molecule has 0 saturated carbocycles. The number of fused-ring (bicyclic) bond motifs is 2. The van der Waals surface area contributed by atoms with Crippen LogP contribution >= 0.6 is 0 Å². The molecule has 0 radical (unpaired) electrons. The lowest BCUT2D eigenvalue weighted by Gasteiger charge is -2.26. The first-order valence-corrected chi connectivity index (χ1v) is 11.8. The quantitative estimate of drug-likeness (QED) is 0.582. The predicted octanol–water partition coefficient (Wildman–Crippen LogP) is 3.16. The van der Waals surface area contributed by atoms with Crippen LogP contribution in [0.3, 0.4) is 0 Å². The fourth-order valence-corrected chi connectivity index (χ4v) is 4.11. The Kier molecular flexibility index (Phi) is 8.66. The van der Waals surface area contributed by atoms with Crippen LogP contribution < -0.4 is 20.9 Å². The second-order valence-electron chi connectivity index (χ2n) is 8.40. The maximum atomic E-state index is 4.37. The van der Waals surface area contributed by atoms with Gasteiger partial charge in [0.05, 0.1) is 5.69 Å². The van der Waals surface area contributed by atoms with E-state index in [1.165, 1.54) is 22.4 Å². The van der Waals surface area contributed by atoms with Gasteiger partial charge in [0.25, 0.3) is 0 Å². The lowest BCUT2D eigenvalue weighted by atomic mass is 10.1. The van der Waals surface area contributed by atoms with Crippen LogP contribution in [0.5, 0.6) is 0 Å². The molecule has 1 aromatic heterocycles. The second kappa shape index (κ2) is 12.3. The number of nitrogens with one attached hydrogen (secondary N) is 3. The van der Waals surface area contributed by atoms with Gasteiger partial charge in [-0.15, -0.1) is 0 Å². The Morgan fingerprint density at radius 1 is 0.750 bits per heavy atom. The first-order valence-electron chi connectivity index (χ1n) is 11.8. The summed E-state index contributed by atoms with van der Waals surface area (Å²) < 4.78 is 0. The number of benzene rings is 2. The molecule has 1 aliphatic heterocycles. The molecule has 0 saturated heterocycles. The molecule has 0 fully saturated rings. The largest absolute Gasteiger partial charge is 0.370 e. The smallest absolute Gasteiger partial charge is 0.0541 e. The van der Waals surface area contributed by atoms with Crippen LogP contribution in [0.2, 0.25) is 0 Å². The molecule has 2 aromatic carbocycles. The van der Waals surface area contributed by atoms with E-state index in [-0.39, 0.29) is 0 Å². The summed E-state index contributed by atoms with van der Waals surface area (Å²) in [6.07, 6.45) is 4.00. The van der Waals surface area contributed by atoms with Crippen molar-refractivity contribution in [2.24, 2.45) is 0 Å². The zero-order chi connectivity index (χ0) is 21.8. The Morgan fingerprint density at radius 2 is 1.56 bits per heavy atom. The second-order valence-corrected chi connectivity index (χ2v) is 8.40. The maximum Gasteiger partial charge on any atom is 0.0541 e. The third-order valence-corrected chi connectivity index (χ3v) is 5.95. The molecule has 1 aliphatic rings. The Labute approximate surface area is 192 Å². The first-order chi connectivity index (χ1) is 15.9. The number of hydrogen-bond acceptors (Lipinski definition) is 5. The summed E-state index contributed by atoms with van der Waals surface area (Å²) in [4.78, 5) is 6.87. The molecule has 32 heavy (non-hydrogen) atoms. The number of nitrogens with zero attached hydrogens (tertiary/aromatic N) is 2. The van der Waals surface area contributed by atoms with Crippen LogP contribution in [0.15, 0.2) is 72.9 Å². The van der Waals surface area contributed by atoms with E-state index in [9.17, 15) is 0 Å². The standard InChI is InChI=1S/C27H35N5/c1-2-13-31-26(6-1)22-30-21-25-7-9-27(10-8-25)32-18-12-24-5-3-4-23(20-24)11-14-28-15-16-29-17-19-32/h1-10,13,20,28-30H,11-12,14-19,21-22H2. The van der Waals surface area contributed by atoms with Crippen molar-refractivity contribution in [3.05, 3.63) is 95.3 Å². The van der Waals surface area contributed by atoms with Crippen molar-refractivity contribution in [3.8, 4) is 0 Å². The number of aromatic nitrogens is 1. The van der Waals surface area contributed by atoms with Gasteiger partial charge < -0.3 is 20.9 Å². The number of anilines is 1. The third kappa shape index (κ3) is 7.16. The van der Waals surface area contributed by atoms with Crippen molar-refractivity contribution in [2.75, 3.05) is 44.2 Å². The van der Waals surface area contributed by atoms with Crippen LogP contribution in [-0.4, -0.2) is 44.3 Å². The van der Waals surface area contributed by atoms with Gasteiger partial charge in [-0.2, -0.15) is 0 Å². The van der Waals surface area contributed by atoms with Gasteiger partial charge in [-0.25, -0.2) is 0 Å². The minimum atomic E-state index is 0.786. The summed E-state index contributed by atoms with van der Waals surface area (Å²) in [6.45, 7) is 7.73. The fraction of sp³-hybridized carbons (Fsp3) is 0.370. The van der Waals surface area contributed by atoms with Gasteiger partial charge in [-0.05, 0) is 60.3 Å². The van der Waals surface area contributed by atoms with Crippen LogP contribution in [0.25, 0.3) is 0 Å². The molecule has 4 rings (SSSR count). The molecular formula is C27H35N5. The molecule has 2 heterocycles. The van der Waals surface area contributed by atoms with E-state index in [0.29, 0.717) is 0 Å². The van der Waals surface area contributed by atoms with Crippen LogP contribution in [0.1, 0.15) is 22.4 Å². The lowest BCUT2D eigenvalue weighted by molar-refractivity contribution is 0.601. The van der Waals surface area contributed by atoms with E-state index in [0.717, 1.165) is 70.9 Å². The average Bonchev–Trinajstić information content (AvgIpc) is 2.84. The molecule has 5 heteroatoms. The Hall–Kier alpha value is -2.73. The highest BCUT2D eigenvalue weighted by Crippen LogP contribution is 2.17. The van der Waals surface area contributed by atoms with E-state index >= 15 is 0 Å². The lowest BCUT2D eigenvalue weighted by Crippen LogP contribution is -2.36. The van der Waals surface area contributed by atoms with Crippen molar-refractivity contribution in [2.45, 2.75) is 25.9 Å². The zero-order valence-corrected chi connectivity index (χ0v) is 18.9. The Bertz CT molecular complexity index is 926. The number of hydrogen-bond donors (Lipinski definition) is 3. The molecule has 3 N–H and O–H groups in total. The van der Waals surface area contributed by atoms with Crippen LogP contribution in [0, 0.1) is 0 Å². The zero-order valence-electron chi connectivity index (χ0n) is 18.9. The molecule has 0 unspecified atom stereocenters. The molecule has 0 spiro atoms. The monoisotopic (exact) mass is 429 g/mol. The third-order valence-electron chi connectivity index (χ3n) is 5.95. The van der Waals surface area contributed by atoms with Crippen molar-refractivity contribution >= 4 is 5.69 Å². The van der Waals surface area contributed by atoms with E-state index in [4.69, 9.17) is 0 Å². The summed E-state index contributed by atoms with van der Waals surface area (Å²) in [5.41, 5.74) is 6.51. The summed E-state index contributed by atoms with van der Waals surface area (Å²) in [6, 6.07) is 24.1. The SMILES string of the molecule is c1ccc(CNCc2ccc(N3CCNCCNCCc4cccc(c4)CC3)cc2)nc1. The van der Waals surface area contributed by atoms with E-state index in [1.807, 2.05) is 18.3 Å². The normalized spacial score (nSPS) is 15.8. The topological polar surface area (TPSA) is 52.2 Å². The Balaban J connectivity index is 1.36.